The summed E-state index contributed by atoms with van der Waals surface area (Å²) in [5.74, 6) is -0.751. The Bertz CT molecular complexity index is 640. The van der Waals surface area contributed by atoms with Gasteiger partial charge in [-0.2, -0.15) is 0 Å². The van der Waals surface area contributed by atoms with Crippen LogP contribution in [0.25, 0.3) is 0 Å². The summed E-state index contributed by atoms with van der Waals surface area (Å²) in [5, 5.41) is 5.19. The van der Waals surface area contributed by atoms with E-state index in [4.69, 9.17) is 0 Å². The second-order valence-corrected chi connectivity index (χ2v) is 5.74. The van der Waals surface area contributed by atoms with Gasteiger partial charge in [0.05, 0.1) is 6.04 Å². The van der Waals surface area contributed by atoms with Crippen molar-refractivity contribution in [1.29, 1.82) is 0 Å². The van der Waals surface area contributed by atoms with Gasteiger partial charge in [0.25, 0.3) is 5.91 Å². The van der Waals surface area contributed by atoms with Crippen molar-refractivity contribution < 1.29 is 14.4 Å². The van der Waals surface area contributed by atoms with Gasteiger partial charge in [-0.1, -0.05) is 0 Å². The molecule has 3 aliphatic heterocycles. The molecular weight excluding hydrogens is 274 g/mol. The first-order valence-electron chi connectivity index (χ1n) is 6.78. The van der Waals surface area contributed by atoms with E-state index in [1.807, 2.05) is 0 Å². The predicted octanol–water partition coefficient (Wildman–Crippen LogP) is -0.652. The average molecular weight is 287 g/mol. The molecule has 1 aromatic heterocycles. The van der Waals surface area contributed by atoms with Crippen molar-refractivity contribution in [3.05, 3.63) is 24.3 Å². The third-order valence-corrected chi connectivity index (χ3v) is 4.61. The maximum atomic E-state index is 12.2. The minimum Gasteiger partial charge on any atom is -0.329 e. The van der Waals surface area contributed by atoms with Crippen LogP contribution in [0.1, 0.15) is 24.4 Å². The summed E-state index contributed by atoms with van der Waals surface area (Å²) in [6, 6.07) is -0.524. The van der Waals surface area contributed by atoms with Crippen LogP contribution in [0, 0.1) is 5.92 Å². The summed E-state index contributed by atoms with van der Waals surface area (Å²) in [6.07, 6.45) is 5.56. The van der Waals surface area contributed by atoms with Crippen molar-refractivity contribution in [3.63, 3.8) is 0 Å². The number of nitrogens with one attached hydrogen (secondary N) is 2. The fourth-order valence-electron chi connectivity index (χ4n) is 3.39. The SMILES string of the molecule is O=C1NC(=O)C2(N3CC(c4cncnc4)NC3=O)CC1C2. The Hall–Kier alpha value is -2.51. The maximum absolute atomic E-state index is 12.2. The van der Waals surface area contributed by atoms with Crippen molar-refractivity contribution in [2.45, 2.75) is 24.4 Å². The number of hydrogen-bond acceptors (Lipinski definition) is 5. The van der Waals surface area contributed by atoms with Crippen LogP contribution in [-0.4, -0.2) is 44.8 Å². The van der Waals surface area contributed by atoms with E-state index in [1.54, 1.807) is 17.3 Å². The second-order valence-electron chi connectivity index (χ2n) is 5.74. The Labute approximate surface area is 119 Å². The van der Waals surface area contributed by atoms with Gasteiger partial charge in [0.2, 0.25) is 5.91 Å². The van der Waals surface area contributed by atoms with Crippen molar-refractivity contribution in [2.24, 2.45) is 5.92 Å². The van der Waals surface area contributed by atoms with E-state index in [0.29, 0.717) is 19.4 Å². The maximum Gasteiger partial charge on any atom is 0.318 e. The van der Waals surface area contributed by atoms with Crippen LogP contribution in [0.3, 0.4) is 0 Å². The molecule has 8 nitrogen and oxygen atoms in total. The van der Waals surface area contributed by atoms with E-state index in [2.05, 4.69) is 20.6 Å². The number of fused-ring (bicyclic) bond motifs is 2. The van der Waals surface area contributed by atoms with Gasteiger partial charge in [-0.05, 0) is 12.8 Å². The number of aromatic nitrogens is 2. The number of hydrogen-bond donors (Lipinski definition) is 2. The summed E-state index contributed by atoms with van der Waals surface area (Å²) in [4.78, 5) is 45.3. The molecule has 4 amide bonds. The Morgan fingerprint density at radius 2 is 1.90 bits per heavy atom. The van der Waals surface area contributed by atoms with Crippen molar-refractivity contribution >= 4 is 17.8 Å². The van der Waals surface area contributed by atoms with Crippen molar-refractivity contribution in [1.82, 2.24) is 25.5 Å². The molecule has 8 heteroatoms. The molecule has 4 fully saturated rings. The highest BCUT2D eigenvalue weighted by Gasteiger charge is 2.63. The molecule has 2 bridgehead atoms. The molecule has 1 saturated carbocycles. The fourth-order valence-corrected chi connectivity index (χ4v) is 3.39. The van der Waals surface area contributed by atoms with Gasteiger partial charge < -0.3 is 10.2 Å². The molecule has 108 valence electrons. The zero-order valence-electron chi connectivity index (χ0n) is 11.1. The minimum absolute atomic E-state index is 0.158. The van der Waals surface area contributed by atoms with Crippen LogP contribution < -0.4 is 10.6 Å². The van der Waals surface area contributed by atoms with Gasteiger partial charge in [-0.3, -0.25) is 14.9 Å². The molecule has 21 heavy (non-hydrogen) atoms. The van der Waals surface area contributed by atoms with Crippen LogP contribution >= 0.6 is 0 Å². The van der Waals surface area contributed by atoms with Gasteiger partial charge in [0.1, 0.15) is 11.9 Å². The van der Waals surface area contributed by atoms with E-state index in [-0.39, 0.29) is 29.8 Å². The van der Waals surface area contributed by atoms with E-state index >= 15 is 0 Å². The molecule has 2 N–H and O–H groups in total. The molecule has 5 rings (SSSR count). The number of rotatable bonds is 2. The molecule has 4 aliphatic rings. The summed E-state index contributed by atoms with van der Waals surface area (Å²) in [6.45, 7) is 0.376. The number of nitrogens with zero attached hydrogens (tertiary/aromatic N) is 3. The standard InChI is InChI=1S/C13H13N5O3/c19-10-7-1-13(2-7,11(20)17-10)18-5-9(16-12(18)21)8-3-14-6-15-4-8/h3-4,6-7,9H,1-2,5H2,(H,16,21)(H,17,19,20). The first-order valence-corrected chi connectivity index (χ1v) is 6.78. The van der Waals surface area contributed by atoms with Crippen LogP contribution in [0.15, 0.2) is 18.7 Å². The third-order valence-electron chi connectivity index (χ3n) is 4.61. The number of carbonyl (C=O) groups is 3. The van der Waals surface area contributed by atoms with Gasteiger partial charge in [-0.15, -0.1) is 0 Å². The second kappa shape index (κ2) is 4.00. The summed E-state index contributed by atoms with van der Waals surface area (Å²) in [7, 11) is 0. The Balaban J connectivity index is 1.59. The number of imide groups is 1. The average Bonchev–Trinajstić information content (AvgIpc) is 2.81. The van der Waals surface area contributed by atoms with Gasteiger partial charge >= 0.3 is 6.03 Å². The molecular formula is C13H13N5O3. The summed E-state index contributed by atoms with van der Waals surface area (Å²) in [5.41, 5.74) is -0.0690. The van der Waals surface area contributed by atoms with Crippen molar-refractivity contribution in [3.8, 4) is 0 Å². The number of piperidine rings is 2. The Morgan fingerprint density at radius 3 is 2.57 bits per heavy atom. The monoisotopic (exact) mass is 287 g/mol. The fraction of sp³-hybridized carbons (Fsp3) is 0.462. The highest BCUT2D eigenvalue weighted by molar-refractivity contribution is 6.08. The van der Waals surface area contributed by atoms with Crippen LogP contribution in [0.5, 0.6) is 0 Å². The summed E-state index contributed by atoms with van der Waals surface area (Å²) >= 11 is 0. The lowest BCUT2D eigenvalue weighted by Gasteiger charge is -2.53. The topological polar surface area (TPSA) is 104 Å². The molecule has 0 spiro atoms. The molecule has 1 unspecified atom stereocenters. The molecule has 3 saturated heterocycles. The molecule has 0 aromatic carbocycles. The van der Waals surface area contributed by atoms with E-state index < -0.39 is 5.54 Å². The zero-order valence-corrected chi connectivity index (χ0v) is 11.1. The van der Waals surface area contributed by atoms with Crippen LogP contribution in [0.2, 0.25) is 0 Å². The first-order chi connectivity index (χ1) is 10.1. The molecule has 0 radical (unpaired) electrons. The molecule has 4 heterocycles. The smallest absolute Gasteiger partial charge is 0.318 e. The minimum atomic E-state index is -0.868. The van der Waals surface area contributed by atoms with E-state index in [9.17, 15) is 14.4 Å². The van der Waals surface area contributed by atoms with Crippen LogP contribution in [0.4, 0.5) is 4.79 Å². The first kappa shape index (κ1) is 12.2. The zero-order chi connectivity index (χ0) is 14.6. The van der Waals surface area contributed by atoms with Gasteiger partial charge in [-0.25, -0.2) is 14.8 Å². The molecule has 1 aromatic rings. The lowest BCUT2D eigenvalue weighted by Crippen LogP contribution is -2.73. The number of carbonyl (C=O) groups excluding carboxylic acids is 3. The van der Waals surface area contributed by atoms with Crippen LogP contribution in [-0.2, 0) is 9.59 Å². The predicted molar refractivity (Wildman–Crippen MR) is 68.6 cm³/mol. The normalized spacial score (nSPS) is 34.3. The number of urea groups is 1. The quantitative estimate of drug-likeness (QED) is 0.703. The number of amides is 4. The lowest BCUT2D eigenvalue weighted by molar-refractivity contribution is -0.159. The third kappa shape index (κ3) is 1.58. The summed E-state index contributed by atoms with van der Waals surface area (Å²) < 4.78 is 0. The molecule has 1 aliphatic carbocycles. The largest absolute Gasteiger partial charge is 0.329 e. The molecule has 1 atom stereocenters. The van der Waals surface area contributed by atoms with E-state index in [0.717, 1.165) is 5.56 Å². The Kier molecular flexibility index (Phi) is 2.33. The highest BCUT2D eigenvalue weighted by Crippen LogP contribution is 2.47. The van der Waals surface area contributed by atoms with Crippen molar-refractivity contribution in [2.75, 3.05) is 6.54 Å². The lowest BCUT2D eigenvalue weighted by atomic mass is 9.63. The van der Waals surface area contributed by atoms with Gasteiger partial charge in [0.15, 0.2) is 0 Å². The van der Waals surface area contributed by atoms with Gasteiger partial charge in [0, 0.05) is 30.4 Å². The highest BCUT2D eigenvalue weighted by atomic mass is 16.2. The Morgan fingerprint density at radius 1 is 1.19 bits per heavy atom. The van der Waals surface area contributed by atoms with E-state index in [1.165, 1.54) is 6.33 Å².